The van der Waals surface area contributed by atoms with Crippen molar-refractivity contribution in [2.24, 2.45) is 5.92 Å². The number of Topliss-reactive ketones (excluding diaryl/α,β-unsaturated/α-hetero) is 1. The number of carbonyl (C=O) groups excluding carboxylic acids is 1. The number of benzene rings is 2. The van der Waals surface area contributed by atoms with Gasteiger partial charge in [-0.25, -0.2) is 4.39 Å². The normalized spacial score (nSPS) is 27.9. The molecule has 2 aromatic rings. The molecule has 3 aliphatic heterocycles. The number of ether oxygens (including phenoxy) is 2. The van der Waals surface area contributed by atoms with Crippen LogP contribution in [0.1, 0.15) is 54.4 Å². The van der Waals surface area contributed by atoms with E-state index in [0.29, 0.717) is 25.7 Å². The Morgan fingerprint density at radius 2 is 1.78 bits per heavy atom. The molecule has 0 radical (unpaired) electrons. The number of hydrogen-bond acceptors (Lipinski definition) is 5. The van der Waals surface area contributed by atoms with Gasteiger partial charge in [0.05, 0.1) is 13.2 Å². The van der Waals surface area contributed by atoms with Gasteiger partial charge in [-0.1, -0.05) is 42.5 Å². The lowest BCUT2D eigenvalue weighted by atomic mass is 9.83. The highest BCUT2D eigenvalue weighted by molar-refractivity contribution is 6.69. The van der Waals surface area contributed by atoms with Gasteiger partial charge in [-0.2, -0.15) is 0 Å². The van der Waals surface area contributed by atoms with E-state index in [9.17, 15) is 9.18 Å². The number of fused-ring (bicyclic) bond motifs is 2. The maximum absolute atomic E-state index is 13.5. The van der Waals surface area contributed by atoms with Crippen LogP contribution in [0.25, 0.3) is 0 Å². The molecule has 2 aromatic carbocycles. The number of ketones is 1. The highest BCUT2D eigenvalue weighted by atomic mass is 28.4. The summed E-state index contributed by atoms with van der Waals surface area (Å²) < 4.78 is 32.7. The van der Waals surface area contributed by atoms with Crippen molar-refractivity contribution in [2.75, 3.05) is 19.8 Å². The number of hydrogen-bond donors (Lipinski definition) is 0. The average molecular weight is 512 g/mol. The van der Waals surface area contributed by atoms with E-state index >= 15 is 0 Å². The topological polar surface area (TPSA) is 48.0 Å². The molecule has 0 aromatic heterocycles. The first-order chi connectivity index (χ1) is 17.2. The number of carbonyl (C=O) groups is 1. The molecule has 36 heavy (non-hydrogen) atoms. The van der Waals surface area contributed by atoms with Crippen LogP contribution in [0, 0.1) is 11.7 Å². The van der Waals surface area contributed by atoms with Gasteiger partial charge in [-0.15, -0.1) is 0 Å². The maximum atomic E-state index is 13.5. The van der Waals surface area contributed by atoms with Crippen molar-refractivity contribution >= 4 is 14.1 Å². The number of piperidine rings is 1. The molecule has 0 amide bonds. The van der Waals surface area contributed by atoms with Crippen molar-refractivity contribution < 1.29 is 23.1 Å². The van der Waals surface area contributed by atoms with Gasteiger partial charge in [-0.3, -0.25) is 9.69 Å². The fourth-order valence-corrected chi connectivity index (χ4v) is 7.97. The minimum absolute atomic E-state index is 0.0143. The van der Waals surface area contributed by atoms with Crippen LogP contribution in [-0.2, 0) is 19.7 Å². The third kappa shape index (κ3) is 5.22. The molecule has 3 heterocycles. The summed E-state index contributed by atoms with van der Waals surface area (Å²) in [5, 5.41) is 0. The van der Waals surface area contributed by atoms with E-state index in [1.165, 1.54) is 12.1 Å². The van der Waals surface area contributed by atoms with Crippen LogP contribution in [0.5, 0.6) is 0 Å². The van der Waals surface area contributed by atoms with Gasteiger partial charge in [0.25, 0.3) is 0 Å². The van der Waals surface area contributed by atoms with Crippen molar-refractivity contribution in [1.29, 1.82) is 0 Å². The van der Waals surface area contributed by atoms with Crippen molar-refractivity contribution in [1.82, 2.24) is 4.90 Å². The van der Waals surface area contributed by atoms with Gasteiger partial charge in [0.15, 0.2) is 19.9 Å². The SMILES string of the molecule is C[Si](C)(C)OC12CCC(CC(C(=O)c3ccccc3)C1)N2CCCC1(c2ccc(F)cc2)OCCO1. The molecule has 7 heteroatoms. The number of nitrogens with zero attached hydrogens (tertiary/aromatic N) is 1. The fraction of sp³-hybridized carbons (Fsp3) is 0.552. The molecule has 0 N–H and O–H groups in total. The van der Waals surface area contributed by atoms with Gasteiger partial charge >= 0.3 is 0 Å². The summed E-state index contributed by atoms with van der Waals surface area (Å²) >= 11 is 0. The molecule has 3 unspecified atom stereocenters. The zero-order valence-corrected chi connectivity index (χ0v) is 22.7. The van der Waals surface area contributed by atoms with Gasteiger partial charge in [0.1, 0.15) is 11.5 Å². The largest absolute Gasteiger partial charge is 0.400 e. The van der Waals surface area contributed by atoms with Crippen LogP contribution < -0.4 is 0 Å². The van der Waals surface area contributed by atoms with Gasteiger partial charge in [0, 0.05) is 36.1 Å². The predicted octanol–water partition coefficient (Wildman–Crippen LogP) is 6.11. The Bertz CT molecular complexity index is 1050. The Morgan fingerprint density at radius 1 is 1.08 bits per heavy atom. The zero-order chi connectivity index (χ0) is 25.4. The first kappa shape index (κ1) is 25.7. The van der Waals surface area contributed by atoms with E-state index in [1.54, 1.807) is 12.1 Å². The van der Waals surface area contributed by atoms with Crippen LogP contribution in [-0.4, -0.2) is 50.5 Å². The molecule has 3 saturated heterocycles. The van der Waals surface area contributed by atoms with Crippen LogP contribution in [0.15, 0.2) is 54.6 Å². The third-order valence-corrected chi connectivity index (χ3v) is 8.81. The van der Waals surface area contributed by atoms with Crippen LogP contribution >= 0.6 is 0 Å². The quantitative estimate of drug-likeness (QED) is 0.300. The van der Waals surface area contributed by atoms with Crippen molar-refractivity contribution in [3.05, 3.63) is 71.5 Å². The highest BCUT2D eigenvalue weighted by Gasteiger charge is 2.55. The summed E-state index contributed by atoms with van der Waals surface area (Å²) in [6.45, 7) is 8.64. The lowest BCUT2D eigenvalue weighted by molar-refractivity contribution is -0.175. The number of rotatable bonds is 9. The minimum atomic E-state index is -1.87. The van der Waals surface area contributed by atoms with E-state index in [-0.39, 0.29) is 23.2 Å². The van der Waals surface area contributed by atoms with Gasteiger partial charge in [-0.05, 0) is 63.9 Å². The second-order valence-corrected chi connectivity index (χ2v) is 15.9. The molecular formula is C29H38FNO4Si. The molecule has 3 fully saturated rings. The molecule has 5 rings (SSSR count). The summed E-state index contributed by atoms with van der Waals surface area (Å²) in [4.78, 5) is 16.0. The molecule has 194 valence electrons. The predicted molar refractivity (Wildman–Crippen MR) is 140 cm³/mol. The van der Waals surface area contributed by atoms with E-state index < -0.39 is 14.1 Å². The van der Waals surface area contributed by atoms with Gasteiger partial charge in [0.2, 0.25) is 0 Å². The first-order valence-corrected chi connectivity index (χ1v) is 16.7. The molecule has 0 spiro atoms. The second kappa shape index (κ2) is 10.1. The van der Waals surface area contributed by atoms with Crippen LogP contribution in [0.4, 0.5) is 4.39 Å². The average Bonchev–Trinajstić information content (AvgIpc) is 3.39. The van der Waals surface area contributed by atoms with E-state index in [1.807, 2.05) is 30.3 Å². The molecule has 0 saturated carbocycles. The molecule has 3 aliphatic rings. The van der Waals surface area contributed by atoms with Crippen LogP contribution in [0.2, 0.25) is 19.6 Å². The third-order valence-electron chi connectivity index (χ3n) is 7.82. The van der Waals surface area contributed by atoms with Crippen LogP contribution in [0.3, 0.4) is 0 Å². The van der Waals surface area contributed by atoms with Crippen molar-refractivity contribution in [3.8, 4) is 0 Å². The molecule has 5 nitrogen and oxygen atoms in total. The van der Waals surface area contributed by atoms with Crippen molar-refractivity contribution in [3.63, 3.8) is 0 Å². The molecular weight excluding hydrogens is 473 g/mol. The summed E-state index contributed by atoms with van der Waals surface area (Å²) in [6, 6.07) is 16.5. The minimum Gasteiger partial charge on any atom is -0.400 e. The Labute approximate surface area is 215 Å². The maximum Gasteiger partial charge on any atom is 0.195 e. The Hall–Kier alpha value is -1.90. The standard InChI is InChI=1S/C29H38FNO4Si/c1-36(2,3)35-28-16-14-26(20-23(21-28)27(32)22-8-5-4-6-9-22)31(28)17-7-15-29(33-18-19-34-29)24-10-12-25(30)13-11-24/h4-6,8-13,23,26H,7,14-21H2,1-3H3. The second-order valence-electron chi connectivity index (χ2n) is 11.5. The zero-order valence-electron chi connectivity index (χ0n) is 21.7. The Morgan fingerprint density at radius 3 is 2.44 bits per heavy atom. The summed E-state index contributed by atoms with van der Waals surface area (Å²) in [5.41, 5.74) is 1.28. The first-order valence-electron chi connectivity index (χ1n) is 13.3. The summed E-state index contributed by atoms with van der Waals surface area (Å²) in [7, 11) is -1.87. The van der Waals surface area contributed by atoms with E-state index in [0.717, 1.165) is 49.8 Å². The van der Waals surface area contributed by atoms with Gasteiger partial charge < -0.3 is 13.9 Å². The highest BCUT2D eigenvalue weighted by Crippen LogP contribution is 2.49. The van der Waals surface area contributed by atoms with Crippen molar-refractivity contribution in [2.45, 2.75) is 75.7 Å². The molecule has 0 aliphatic carbocycles. The lowest BCUT2D eigenvalue weighted by Crippen LogP contribution is -2.58. The smallest absolute Gasteiger partial charge is 0.195 e. The fourth-order valence-electron chi connectivity index (χ4n) is 6.53. The van der Waals surface area contributed by atoms with E-state index in [4.69, 9.17) is 13.9 Å². The Kier molecular flexibility index (Phi) is 7.22. The van der Waals surface area contributed by atoms with E-state index in [2.05, 4.69) is 24.5 Å². The molecule has 3 atom stereocenters. The Balaban J connectivity index is 1.32. The lowest BCUT2D eigenvalue weighted by Gasteiger charge is -2.50. The molecule has 2 bridgehead atoms. The monoisotopic (exact) mass is 511 g/mol. The summed E-state index contributed by atoms with van der Waals surface area (Å²) in [5.74, 6) is -0.851. The number of halogens is 1. The summed E-state index contributed by atoms with van der Waals surface area (Å²) in [6.07, 6.45) is 5.20.